The summed E-state index contributed by atoms with van der Waals surface area (Å²) in [6, 6.07) is -0.138. The molecule has 0 aliphatic carbocycles. The van der Waals surface area contributed by atoms with Gasteiger partial charge in [-0.2, -0.15) is 0 Å². The maximum Gasteiger partial charge on any atom is 0.376 e. The van der Waals surface area contributed by atoms with Crippen molar-refractivity contribution in [2.75, 3.05) is 26.2 Å². The third-order valence-corrected chi connectivity index (χ3v) is 6.30. The Morgan fingerprint density at radius 2 is 2.24 bits per heavy atom. The molecule has 10 heteroatoms. The van der Waals surface area contributed by atoms with E-state index >= 15 is 0 Å². The summed E-state index contributed by atoms with van der Waals surface area (Å²) in [6.45, 7) is 3.78. The van der Waals surface area contributed by atoms with E-state index in [-0.39, 0.29) is 11.9 Å². The summed E-state index contributed by atoms with van der Waals surface area (Å²) in [5.41, 5.74) is 1.80. The maximum atomic E-state index is 13.3. The molecule has 2 aromatic rings. The predicted molar refractivity (Wildman–Crippen MR) is 99.2 cm³/mol. The first-order valence-corrected chi connectivity index (χ1v) is 9.25. The van der Waals surface area contributed by atoms with Crippen LogP contribution in [0.1, 0.15) is 10.4 Å². The average Bonchev–Trinajstić information content (AvgIpc) is 2.90. The highest BCUT2D eigenvalue weighted by molar-refractivity contribution is 9.10. The molecule has 0 saturated carbocycles. The molecule has 1 amide bonds. The molecule has 1 fully saturated rings. The van der Waals surface area contributed by atoms with Gasteiger partial charge in [0.25, 0.3) is 5.91 Å². The summed E-state index contributed by atoms with van der Waals surface area (Å²) in [5, 5.41) is 10.2. The zero-order valence-electron chi connectivity index (χ0n) is 13.9. The number of carbonyl (C=O) groups is 1. The van der Waals surface area contributed by atoms with Gasteiger partial charge in [0, 0.05) is 26.7 Å². The standard InChI is InChI=1S/C15H17BBrClN4O3/c1-16(24)21-3-4-22-8(5-21)6-25-14-9(15(22)23)13-12(10(17)11(14)18)19-7-20(13)2/h7-8,24H,3-6H2,1-2H3/t8-/m1/s1. The number of nitrogens with zero attached hydrogens (tertiary/aromatic N) is 4. The van der Waals surface area contributed by atoms with E-state index in [1.165, 1.54) is 0 Å². The zero-order valence-corrected chi connectivity index (χ0v) is 16.2. The van der Waals surface area contributed by atoms with Gasteiger partial charge in [-0.3, -0.25) is 4.79 Å². The van der Waals surface area contributed by atoms with Gasteiger partial charge in [0.05, 0.1) is 27.4 Å². The van der Waals surface area contributed by atoms with Gasteiger partial charge in [0.1, 0.15) is 17.7 Å². The number of hydrogen-bond donors (Lipinski definition) is 1. The first-order chi connectivity index (χ1) is 11.9. The minimum Gasteiger partial charge on any atom is -0.489 e. The molecule has 2 aliphatic rings. The molecule has 3 heterocycles. The molecule has 1 saturated heterocycles. The number of ether oxygens (including phenoxy) is 1. The monoisotopic (exact) mass is 426 g/mol. The smallest absolute Gasteiger partial charge is 0.376 e. The molecule has 0 unspecified atom stereocenters. The maximum absolute atomic E-state index is 13.3. The molecule has 1 aromatic heterocycles. The molecule has 0 radical (unpaired) electrons. The Kier molecular flexibility index (Phi) is 4.22. The number of imidazole rings is 1. The minimum absolute atomic E-state index is 0.106. The molecule has 4 rings (SSSR count). The van der Waals surface area contributed by atoms with Crippen LogP contribution in [-0.2, 0) is 7.05 Å². The fourth-order valence-corrected chi connectivity index (χ4v) is 4.30. The van der Waals surface area contributed by atoms with Crippen molar-refractivity contribution in [2.45, 2.75) is 12.9 Å². The van der Waals surface area contributed by atoms with E-state index in [0.29, 0.717) is 58.1 Å². The Morgan fingerprint density at radius 3 is 2.96 bits per heavy atom. The van der Waals surface area contributed by atoms with Crippen LogP contribution in [-0.4, -0.2) is 69.5 Å². The summed E-state index contributed by atoms with van der Waals surface area (Å²) < 4.78 is 8.42. The Morgan fingerprint density at radius 1 is 1.48 bits per heavy atom. The van der Waals surface area contributed by atoms with Crippen molar-refractivity contribution in [3.8, 4) is 5.75 Å². The minimum atomic E-state index is -0.551. The van der Waals surface area contributed by atoms with E-state index < -0.39 is 7.05 Å². The van der Waals surface area contributed by atoms with E-state index in [9.17, 15) is 9.82 Å². The van der Waals surface area contributed by atoms with Crippen molar-refractivity contribution in [3.63, 3.8) is 0 Å². The van der Waals surface area contributed by atoms with Crippen LogP contribution in [0.3, 0.4) is 0 Å². The molecule has 0 spiro atoms. The first-order valence-electron chi connectivity index (χ1n) is 8.08. The lowest BCUT2D eigenvalue weighted by atomic mass is 9.83. The number of amides is 1. The molecule has 2 aliphatic heterocycles. The third kappa shape index (κ3) is 2.56. The molecule has 1 aromatic carbocycles. The topological polar surface area (TPSA) is 70.8 Å². The lowest BCUT2D eigenvalue weighted by molar-refractivity contribution is 0.0498. The number of benzene rings is 1. The van der Waals surface area contributed by atoms with Gasteiger partial charge in [0.15, 0.2) is 5.75 Å². The summed E-state index contributed by atoms with van der Waals surface area (Å²) in [4.78, 5) is 21.4. The van der Waals surface area contributed by atoms with Crippen molar-refractivity contribution < 1.29 is 14.6 Å². The van der Waals surface area contributed by atoms with E-state index in [4.69, 9.17) is 16.3 Å². The van der Waals surface area contributed by atoms with E-state index in [2.05, 4.69) is 20.9 Å². The third-order valence-electron chi connectivity index (χ3n) is 4.94. The van der Waals surface area contributed by atoms with Crippen molar-refractivity contribution in [2.24, 2.45) is 7.05 Å². The van der Waals surface area contributed by atoms with E-state index in [0.717, 1.165) is 0 Å². The van der Waals surface area contributed by atoms with Gasteiger partial charge in [-0.15, -0.1) is 0 Å². The second-order valence-electron chi connectivity index (χ2n) is 6.47. The van der Waals surface area contributed by atoms with Crippen LogP contribution in [0.4, 0.5) is 0 Å². The molecule has 132 valence electrons. The number of piperazine rings is 1. The van der Waals surface area contributed by atoms with Crippen molar-refractivity contribution in [1.29, 1.82) is 0 Å². The molecule has 25 heavy (non-hydrogen) atoms. The Labute approximate surface area is 158 Å². The van der Waals surface area contributed by atoms with Crippen LogP contribution in [0.2, 0.25) is 11.8 Å². The summed E-state index contributed by atoms with van der Waals surface area (Å²) in [6.07, 6.45) is 1.66. The fourth-order valence-electron chi connectivity index (χ4n) is 3.59. The molecular weight excluding hydrogens is 410 g/mol. The van der Waals surface area contributed by atoms with Gasteiger partial charge >= 0.3 is 7.05 Å². The van der Waals surface area contributed by atoms with Gasteiger partial charge in [-0.05, 0) is 22.8 Å². The van der Waals surface area contributed by atoms with Crippen LogP contribution in [0.25, 0.3) is 11.0 Å². The van der Waals surface area contributed by atoms with E-state index in [1.807, 2.05) is 21.3 Å². The molecule has 0 bridgehead atoms. The van der Waals surface area contributed by atoms with Crippen LogP contribution in [0.15, 0.2) is 10.8 Å². The molecule has 1 atom stereocenters. The second-order valence-corrected chi connectivity index (χ2v) is 7.65. The summed E-state index contributed by atoms with van der Waals surface area (Å²) in [7, 11) is 1.29. The van der Waals surface area contributed by atoms with Crippen molar-refractivity contribution in [1.82, 2.24) is 19.3 Å². The molecular formula is C15H17BBrClN4O3. The Balaban J connectivity index is 1.85. The van der Waals surface area contributed by atoms with Crippen LogP contribution in [0, 0.1) is 0 Å². The molecule has 1 N–H and O–H groups in total. The molecule has 7 nitrogen and oxygen atoms in total. The Hall–Kier alpha value is -1.29. The number of fused-ring (bicyclic) bond motifs is 4. The highest BCUT2D eigenvalue weighted by Crippen LogP contribution is 2.43. The average molecular weight is 427 g/mol. The Bertz CT molecular complexity index is 874. The predicted octanol–water partition coefficient (Wildman–Crippen LogP) is 1.62. The number of aryl methyl sites for hydroxylation is 1. The number of carbonyl (C=O) groups excluding carboxylic acids is 1. The highest BCUT2D eigenvalue weighted by Gasteiger charge is 2.39. The number of hydrogen-bond acceptors (Lipinski definition) is 5. The quantitative estimate of drug-likeness (QED) is 0.701. The van der Waals surface area contributed by atoms with Crippen LogP contribution >= 0.6 is 27.5 Å². The highest BCUT2D eigenvalue weighted by atomic mass is 79.9. The second kappa shape index (κ2) is 6.16. The van der Waals surface area contributed by atoms with Gasteiger partial charge in [-0.1, -0.05) is 11.6 Å². The summed E-state index contributed by atoms with van der Waals surface area (Å²) >= 11 is 9.94. The van der Waals surface area contributed by atoms with Gasteiger partial charge in [-0.25, -0.2) is 4.98 Å². The number of halogens is 2. The lowest BCUT2D eigenvalue weighted by Gasteiger charge is -2.40. The van der Waals surface area contributed by atoms with E-state index in [1.54, 1.807) is 13.2 Å². The summed E-state index contributed by atoms with van der Waals surface area (Å²) in [5.74, 6) is 0.290. The van der Waals surface area contributed by atoms with Crippen LogP contribution < -0.4 is 4.74 Å². The first kappa shape index (κ1) is 17.1. The van der Waals surface area contributed by atoms with Crippen molar-refractivity contribution >= 4 is 51.5 Å². The SMILES string of the molecule is CB(O)N1CCN2C(=O)c3c(c(Cl)c(Br)c4ncn(C)c34)OC[C@H]2C1. The van der Waals surface area contributed by atoms with Gasteiger partial charge in [0.2, 0.25) is 0 Å². The van der Waals surface area contributed by atoms with Crippen LogP contribution in [0.5, 0.6) is 5.75 Å². The largest absolute Gasteiger partial charge is 0.489 e. The lowest BCUT2D eigenvalue weighted by Crippen LogP contribution is -2.59. The van der Waals surface area contributed by atoms with Gasteiger partial charge < -0.3 is 24.0 Å². The zero-order chi connectivity index (χ0) is 17.9. The fraction of sp³-hybridized carbons (Fsp3) is 0.467. The van der Waals surface area contributed by atoms with Crippen molar-refractivity contribution in [3.05, 3.63) is 21.4 Å². The number of rotatable bonds is 1. The normalized spacial score (nSPS) is 20.9. The number of aromatic nitrogens is 2.